The SMILES string of the molecule is CC(=O)Nc1cccc(-n2nnnc2SCCCC(=O)c2ccc(F)cc2)c1. The molecule has 0 atom stereocenters. The third-order valence-corrected chi connectivity index (χ3v) is 4.80. The number of hydrogen-bond acceptors (Lipinski definition) is 6. The second-order valence-electron chi connectivity index (χ2n) is 5.99. The van der Waals surface area contributed by atoms with Gasteiger partial charge >= 0.3 is 0 Å². The molecular weight excluding hydrogens is 381 g/mol. The Morgan fingerprint density at radius 1 is 1.18 bits per heavy atom. The molecule has 0 aliphatic carbocycles. The van der Waals surface area contributed by atoms with Crippen LogP contribution in [-0.2, 0) is 4.79 Å². The van der Waals surface area contributed by atoms with Gasteiger partial charge in [0.1, 0.15) is 5.82 Å². The van der Waals surface area contributed by atoms with Gasteiger partial charge in [-0.1, -0.05) is 17.8 Å². The summed E-state index contributed by atoms with van der Waals surface area (Å²) < 4.78 is 14.5. The molecule has 1 N–H and O–H groups in total. The minimum absolute atomic E-state index is 0.0248. The van der Waals surface area contributed by atoms with Gasteiger partial charge in [-0.15, -0.1) is 5.10 Å². The number of aromatic nitrogens is 4. The number of amides is 1. The zero-order chi connectivity index (χ0) is 19.9. The van der Waals surface area contributed by atoms with Crippen LogP contribution in [-0.4, -0.2) is 37.7 Å². The minimum atomic E-state index is -0.360. The monoisotopic (exact) mass is 399 g/mol. The minimum Gasteiger partial charge on any atom is -0.326 e. The maximum absolute atomic E-state index is 12.9. The molecule has 7 nitrogen and oxygen atoms in total. The van der Waals surface area contributed by atoms with Crippen molar-refractivity contribution in [2.24, 2.45) is 0 Å². The maximum Gasteiger partial charge on any atom is 0.221 e. The Hall–Kier alpha value is -3.07. The summed E-state index contributed by atoms with van der Waals surface area (Å²) >= 11 is 1.44. The van der Waals surface area contributed by atoms with Crippen LogP contribution < -0.4 is 5.32 Å². The van der Waals surface area contributed by atoms with Crippen molar-refractivity contribution in [3.63, 3.8) is 0 Å². The first-order valence-electron chi connectivity index (χ1n) is 8.61. The maximum atomic E-state index is 12.9. The summed E-state index contributed by atoms with van der Waals surface area (Å²) in [4.78, 5) is 23.3. The number of hydrogen-bond donors (Lipinski definition) is 1. The zero-order valence-corrected chi connectivity index (χ0v) is 15.9. The molecule has 0 aliphatic rings. The van der Waals surface area contributed by atoms with Crippen LogP contribution in [0.1, 0.15) is 30.1 Å². The molecule has 3 aromatic rings. The van der Waals surface area contributed by atoms with E-state index in [-0.39, 0.29) is 17.5 Å². The van der Waals surface area contributed by atoms with Gasteiger partial charge in [0.05, 0.1) is 5.69 Å². The van der Waals surface area contributed by atoms with E-state index in [1.807, 2.05) is 6.07 Å². The van der Waals surface area contributed by atoms with Gasteiger partial charge in [0.25, 0.3) is 0 Å². The molecule has 0 aliphatic heterocycles. The molecule has 0 radical (unpaired) electrons. The second-order valence-corrected chi connectivity index (χ2v) is 7.05. The standard InChI is InChI=1S/C19H18FN5O2S/c1-13(26)21-16-4-2-5-17(12-16)25-19(22-23-24-25)28-11-3-6-18(27)14-7-9-15(20)10-8-14/h2,4-5,7-10,12H,3,6,11H2,1H3,(H,21,26). The molecule has 144 valence electrons. The third kappa shape index (κ3) is 5.23. The van der Waals surface area contributed by atoms with Gasteiger partial charge < -0.3 is 5.32 Å². The smallest absolute Gasteiger partial charge is 0.221 e. The molecule has 0 fully saturated rings. The lowest BCUT2D eigenvalue weighted by atomic mass is 10.1. The molecule has 1 heterocycles. The summed E-state index contributed by atoms with van der Waals surface area (Å²) in [7, 11) is 0. The van der Waals surface area contributed by atoms with Crippen LogP contribution in [0.2, 0.25) is 0 Å². The number of anilines is 1. The van der Waals surface area contributed by atoms with Gasteiger partial charge in [-0.2, -0.15) is 4.68 Å². The number of carbonyl (C=O) groups is 2. The number of tetrazole rings is 1. The lowest BCUT2D eigenvalue weighted by Gasteiger charge is -2.07. The fourth-order valence-electron chi connectivity index (χ4n) is 2.53. The predicted octanol–water partition coefficient (Wildman–Crippen LogP) is 3.52. The van der Waals surface area contributed by atoms with E-state index in [9.17, 15) is 14.0 Å². The number of ketones is 1. The van der Waals surface area contributed by atoms with Crippen molar-refractivity contribution in [3.8, 4) is 5.69 Å². The van der Waals surface area contributed by atoms with Crippen molar-refractivity contribution < 1.29 is 14.0 Å². The molecule has 0 saturated carbocycles. The molecular formula is C19H18FN5O2S. The van der Waals surface area contributed by atoms with Crippen molar-refractivity contribution in [2.45, 2.75) is 24.9 Å². The van der Waals surface area contributed by atoms with E-state index in [1.165, 1.54) is 43.0 Å². The average Bonchev–Trinajstić information content (AvgIpc) is 3.14. The van der Waals surface area contributed by atoms with Crippen molar-refractivity contribution in [1.29, 1.82) is 0 Å². The Balaban J connectivity index is 1.57. The van der Waals surface area contributed by atoms with Crippen LogP contribution in [0.4, 0.5) is 10.1 Å². The van der Waals surface area contributed by atoms with Crippen LogP contribution in [0.5, 0.6) is 0 Å². The van der Waals surface area contributed by atoms with E-state index in [0.717, 1.165) is 5.69 Å². The van der Waals surface area contributed by atoms with Gasteiger partial charge in [-0.3, -0.25) is 9.59 Å². The first-order chi connectivity index (χ1) is 13.5. The Morgan fingerprint density at radius 3 is 2.71 bits per heavy atom. The Morgan fingerprint density at radius 2 is 1.96 bits per heavy atom. The molecule has 1 amide bonds. The van der Waals surface area contributed by atoms with Gasteiger partial charge in [-0.05, 0) is 59.3 Å². The Labute approximate surface area is 165 Å². The van der Waals surface area contributed by atoms with Crippen molar-refractivity contribution >= 4 is 29.1 Å². The van der Waals surface area contributed by atoms with Crippen molar-refractivity contribution in [3.05, 3.63) is 59.9 Å². The first kappa shape index (κ1) is 19.7. The summed E-state index contributed by atoms with van der Waals surface area (Å²) in [6.07, 6.45) is 0.998. The van der Waals surface area contributed by atoms with E-state index in [4.69, 9.17) is 0 Å². The summed E-state index contributed by atoms with van der Waals surface area (Å²) in [5, 5.41) is 15.0. The molecule has 0 spiro atoms. The van der Waals surface area contributed by atoms with Crippen LogP contribution in [0.3, 0.4) is 0 Å². The van der Waals surface area contributed by atoms with Crippen LogP contribution in [0.25, 0.3) is 5.69 Å². The molecule has 0 bridgehead atoms. The quantitative estimate of drug-likeness (QED) is 0.354. The highest BCUT2D eigenvalue weighted by Gasteiger charge is 2.11. The number of carbonyl (C=O) groups excluding carboxylic acids is 2. The van der Waals surface area contributed by atoms with Gasteiger partial charge in [0.15, 0.2) is 5.78 Å². The van der Waals surface area contributed by atoms with Crippen LogP contribution >= 0.6 is 11.8 Å². The fourth-order valence-corrected chi connectivity index (χ4v) is 3.36. The largest absolute Gasteiger partial charge is 0.326 e. The fraction of sp³-hybridized carbons (Fsp3) is 0.211. The number of benzene rings is 2. The highest BCUT2D eigenvalue weighted by Crippen LogP contribution is 2.21. The normalized spacial score (nSPS) is 10.6. The summed E-state index contributed by atoms with van der Waals surface area (Å²) in [6.45, 7) is 1.44. The van der Waals surface area contributed by atoms with Crippen molar-refractivity contribution in [1.82, 2.24) is 20.2 Å². The second kappa shape index (κ2) is 9.23. The van der Waals surface area contributed by atoms with Gasteiger partial charge in [-0.25, -0.2) is 4.39 Å². The lowest BCUT2D eigenvalue weighted by Crippen LogP contribution is -2.07. The summed E-state index contributed by atoms with van der Waals surface area (Å²) in [6, 6.07) is 12.8. The first-order valence-corrected chi connectivity index (χ1v) is 9.59. The molecule has 0 saturated heterocycles. The topological polar surface area (TPSA) is 89.8 Å². The van der Waals surface area contributed by atoms with E-state index < -0.39 is 0 Å². The molecule has 3 rings (SSSR count). The van der Waals surface area contributed by atoms with Crippen molar-refractivity contribution in [2.75, 3.05) is 11.1 Å². The van der Waals surface area contributed by atoms with E-state index in [0.29, 0.717) is 35.0 Å². The molecule has 9 heteroatoms. The average molecular weight is 399 g/mol. The lowest BCUT2D eigenvalue weighted by molar-refractivity contribution is -0.114. The highest BCUT2D eigenvalue weighted by atomic mass is 32.2. The van der Waals surface area contributed by atoms with E-state index in [1.54, 1.807) is 22.9 Å². The van der Waals surface area contributed by atoms with Gasteiger partial charge in [0.2, 0.25) is 11.1 Å². The number of halogens is 1. The van der Waals surface area contributed by atoms with Crippen LogP contribution in [0, 0.1) is 5.82 Å². The predicted molar refractivity (Wildman–Crippen MR) is 104 cm³/mol. The number of Topliss-reactive ketones (excluding diaryl/α,β-unsaturated/α-hetero) is 1. The summed E-state index contributed by atoms with van der Waals surface area (Å²) in [5.41, 5.74) is 1.88. The molecule has 28 heavy (non-hydrogen) atoms. The zero-order valence-electron chi connectivity index (χ0n) is 15.1. The van der Waals surface area contributed by atoms with E-state index >= 15 is 0 Å². The third-order valence-electron chi connectivity index (χ3n) is 3.80. The number of rotatable bonds is 8. The van der Waals surface area contributed by atoms with Crippen LogP contribution in [0.15, 0.2) is 53.7 Å². The van der Waals surface area contributed by atoms with Gasteiger partial charge in [0, 0.05) is 30.3 Å². The molecule has 2 aromatic carbocycles. The Kier molecular flexibility index (Phi) is 6.49. The number of thioether (sulfide) groups is 1. The number of nitrogens with one attached hydrogen (secondary N) is 1. The summed E-state index contributed by atoms with van der Waals surface area (Å²) in [5.74, 6) is 0.109. The highest BCUT2D eigenvalue weighted by molar-refractivity contribution is 7.99. The number of nitrogens with zero attached hydrogens (tertiary/aromatic N) is 4. The van der Waals surface area contributed by atoms with E-state index in [2.05, 4.69) is 20.8 Å². The molecule has 0 unspecified atom stereocenters. The Bertz CT molecular complexity index is 974. The molecule has 1 aromatic heterocycles.